The van der Waals surface area contributed by atoms with Crippen molar-refractivity contribution in [2.75, 3.05) is 47.7 Å². The first-order valence-corrected chi connectivity index (χ1v) is 26.1. The number of aromatic amines is 1. The van der Waals surface area contributed by atoms with Crippen LogP contribution in [0.3, 0.4) is 0 Å². The first-order valence-electron chi connectivity index (χ1n) is 25.0. The molecule has 18 heteroatoms. The highest BCUT2D eigenvalue weighted by molar-refractivity contribution is 7.44. The Bertz CT molecular complexity index is 2340. The van der Waals surface area contributed by atoms with Crippen molar-refractivity contribution in [1.82, 2.24) is 19.5 Å². The van der Waals surface area contributed by atoms with Crippen molar-refractivity contribution in [2.24, 2.45) is 0 Å². The number of nitriles is 1. The van der Waals surface area contributed by atoms with E-state index in [0.29, 0.717) is 24.5 Å². The molecule has 3 aromatic carbocycles. The minimum Gasteiger partial charge on any atom is -0.497 e. The quantitative estimate of drug-likeness (QED) is 0.0204. The molecule has 17 nitrogen and oxygen atoms in total. The molecule has 1 amide bonds. The third-order valence-corrected chi connectivity index (χ3v) is 14.6. The van der Waals surface area contributed by atoms with Gasteiger partial charge in [0.15, 0.2) is 6.23 Å². The van der Waals surface area contributed by atoms with E-state index >= 15 is 0 Å². The van der Waals surface area contributed by atoms with Gasteiger partial charge in [0.25, 0.3) is 14.1 Å². The van der Waals surface area contributed by atoms with Gasteiger partial charge in [-0.1, -0.05) is 99.5 Å². The Morgan fingerprint density at radius 1 is 0.792 bits per heavy atom. The van der Waals surface area contributed by atoms with Crippen LogP contribution in [0.1, 0.15) is 121 Å². The Morgan fingerprint density at radius 2 is 1.36 bits per heavy atom. The van der Waals surface area contributed by atoms with E-state index in [9.17, 15) is 24.4 Å². The molecule has 72 heavy (non-hydrogen) atoms. The van der Waals surface area contributed by atoms with Gasteiger partial charge in [0, 0.05) is 37.3 Å². The zero-order valence-electron chi connectivity index (χ0n) is 42.9. The summed E-state index contributed by atoms with van der Waals surface area (Å²) < 4.78 is 53.4. The fourth-order valence-corrected chi connectivity index (χ4v) is 10.6. The van der Waals surface area contributed by atoms with Gasteiger partial charge in [-0.3, -0.25) is 23.9 Å². The van der Waals surface area contributed by atoms with Crippen LogP contribution in [0, 0.1) is 11.3 Å². The third-order valence-electron chi connectivity index (χ3n) is 12.4. The van der Waals surface area contributed by atoms with Crippen LogP contribution in [-0.4, -0.2) is 104 Å². The smallest absolute Gasteiger partial charge is 0.330 e. The Labute approximate surface area is 425 Å². The average Bonchev–Trinajstić information content (AvgIpc) is 3.72. The van der Waals surface area contributed by atoms with Gasteiger partial charge in [0.2, 0.25) is 5.91 Å². The van der Waals surface area contributed by atoms with E-state index in [-0.39, 0.29) is 43.6 Å². The van der Waals surface area contributed by atoms with E-state index in [1.165, 1.54) is 23.9 Å². The van der Waals surface area contributed by atoms with Crippen LogP contribution in [0.2, 0.25) is 0 Å². The van der Waals surface area contributed by atoms with Crippen molar-refractivity contribution in [3.63, 3.8) is 0 Å². The second kappa shape index (κ2) is 29.9. The van der Waals surface area contributed by atoms with Crippen molar-refractivity contribution in [3.8, 4) is 17.6 Å². The molecule has 2 heterocycles. The van der Waals surface area contributed by atoms with Gasteiger partial charge in [-0.2, -0.15) is 5.26 Å². The van der Waals surface area contributed by atoms with Crippen LogP contribution in [0.5, 0.6) is 11.5 Å². The van der Waals surface area contributed by atoms with Gasteiger partial charge >= 0.3 is 11.7 Å². The molecular weight excluding hydrogens is 942 g/mol. The first kappa shape index (κ1) is 57.5. The largest absolute Gasteiger partial charge is 0.497 e. The monoisotopic (exact) mass is 1020 g/mol. The summed E-state index contributed by atoms with van der Waals surface area (Å²) in [5.74, 6) is 0.773. The Kier molecular flexibility index (Phi) is 23.9. The molecule has 0 radical (unpaired) electrons. The van der Waals surface area contributed by atoms with Crippen LogP contribution in [0.15, 0.2) is 101 Å². The Hall–Kier alpha value is -5.44. The number of rotatable bonds is 32. The van der Waals surface area contributed by atoms with E-state index < -0.39 is 56.5 Å². The van der Waals surface area contributed by atoms with Gasteiger partial charge < -0.3 is 42.8 Å². The topological polar surface area (TPSA) is 202 Å². The number of methoxy groups -OCH3 is 3. The molecule has 4 aromatic rings. The molecule has 0 bridgehead atoms. The Balaban J connectivity index is 1.47. The predicted octanol–water partition coefficient (Wildman–Crippen LogP) is 8.70. The van der Waals surface area contributed by atoms with Crippen LogP contribution in [0.25, 0.3) is 0 Å². The SMILES string of the molecule is COC(=O)CCCCCCCCCCCNC(=O)CO[C@@H]1[C@H](OP(OCCC#N)N(C(C)C)C(C)C)[C@@H](COC(c2ccccc2)(c2ccc(OC)cc2)c2ccc(OC)cc2)O[C@H]1n1ccc(=O)[nH]c1=O. The molecule has 1 aliphatic heterocycles. The fourth-order valence-electron chi connectivity index (χ4n) is 8.86. The van der Waals surface area contributed by atoms with Gasteiger partial charge in [0.05, 0.1) is 47.0 Å². The number of H-pyrrole nitrogens is 1. The minimum atomic E-state index is -1.94. The highest BCUT2D eigenvalue weighted by atomic mass is 31.2. The molecule has 1 aliphatic rings. The average molecular weight is 1020 g/mol. The number of nitrogens with zero attached hydrogens (tertiary/aromatic N) is 3. The number of hydrogen-bond acceptors (Lipinski definition) is 14. The number of carbonyl (C=O) groups excluding carboxylic acids is 2. The number of benzene rings is 3. The molecule has 1 unspecified atom stereocenters. The van der Waals surface area contributed by atoms with E-state index in [0.717, 1.165) is 74.5 Å². The summed E-state index contributed by atoms with van der Waals surface area (Å²) in [5, 5.41) is 12.5. The number of carbonyl (C=O) groups is 2. The summed E-state index contributed by atoms with van der Waals surface area (Å²) in [6.45, 7) is 8.06. The van der Waals surface area contributed by atoms with Crippen molar-refractivity contribution >= 4 is 20.4 Å². The molecule has 0 aliphatic carbocycles. The molecule has 5 rings (SSSR count). The summed E-state index contributed by atoms with van der Waals surface area (Å²) in [6, 6.07) is 28.2. The van der Waals surface area contributed by atoms with Crippen LogP contribution in [-0.2, 0) is 43.2 Å². The highest BCUT2D eigenvalue weighted by Crippen LogP contribution is 2.51. The second-order valence-electron chi connectivity index (χ2n) is 18.1. The van der Waals surface area contributed by atoms with Crippen LogP contribution < -0.4 is 26.0 Å². The van der Waals surface area contributed by atoms with Crippen molar-refractivity contribution < 1.29 is 47.1 Å². The highest BCUT2D eigenvalue weighted by Gasteiger charge is 2.52. The van der Waals surface area contributed by atoms with E-state index in [2.05, 4.69) is 21.0 Å². The molecule has 5 atom stereocenters. The summed E-state index contributed by atoms with van der Waals surface area (Å²) in [6.07, 6.45) is 6.54. The lowest BCUT2D eigenvalue weighted by Crippen LogP contribution is -2.44. The lowest BCUT2D eigenvalue weighted by atomic mass is 9.80. The standard InChI is InChI=1S/C54H74N5O12P/c1-39(2)59(40(3)4)72(69-36-20-33-55)71-50-46(37-68-54(41-21-16-15-17-22-41,42-24-28-44(64-5)29-25-42)43-26-30-45(65-6)31-27-43)70-52(58-35-32-47(60)57-53(58)63)51(50)67-38-48(61)56-34-19-14-12-10-8-9-11-13-18-23-49(62)66-7/h15-17,21-22,24-32,35,39-40,46,50-52H,8-14,18-20,23,34,36-38H2,1-7H3,(H,56,61)(H,57,60,63)/t46-,50-,51-,52-,72?/m1/s1. The van der Waals surface area contributed by atoms with Crippen molar-refractivity contribution in [1.29, 1.82) is 5.26 Å². The van der Waals surface area contributed by atoms with Gasteiger partial charge in [-0.25, -0.2) is 9.46 Å². The molecule has 2 N–H and O–H groups in total. The summed E-state index contributed by atoms with van der Waals surface area (Å²) in [5.41, 5.74) is -0.296. The summed E-state index contributed by atoms with van der Waals surface area (Å²) in [7, 11) is 2.69. The van der Waals surface area contributed by atoms with Crippen molar-refractivity contribution in [3.05, 3.63) is 129 Å². The maximum atomic E-state index is 13.7. The van der Waals surface area contributed by atoms with Gasteiger partial charge in [0.1, 0.15) is 42.0 Å². The number of unbranched alkanes of at least 4 members (excludes halogenated alkanes) is 8. The normalized spacial score (nSPS) is 17.2. The number of amides is 1. The fraction of sp³-hybridized carbons (Fsp3) is 0.537. The molecule has 1 aromatic heterocycles. The molecule has 392 valence electrons. The molecular formula is C54H74N5O12P. The zero-order chi connectivity index (χ0) is 51.9. The van der Waals surface area contributed by atoms with Gasteiger partial charge in [-0.15, -0.1) is 0 Å². The molecule has 1 fully saturated rings. The first-order chi connectivity index (χ1) is 34.9. The van der Waals surface area contributed by atoms with Gasteiger partial charge in [-0.05, 0) is 81.5 Å². The number of nitrogens with one attached hydrogen (secondary N) is 2. The number of ether oxygens (including phenoxy) is 6. The van der Waals surface area contributed by atoms with E-state index in [1.807, 2.05) is 107 Å². The zero-order valence-corrected chi connectivity index (χ0v) is 43.8. The molecule has 0 spiro atoms. The lowest BCUT2D eigenvalue weighted by Gasteiger charge is -2.39. The maximum absolute atomic E-state index is 13.7. The summed E-state index contributed by atoms with van der Waals surface area (Å²) in [4.78, 5) is 53.4. The predicted molar refractivity (Wildman–Crippen MR) is 275 cm³/mol. The third kappa shape index (κ3) is 16.3. The van der Waals surface area contributed by atoms with Crippen LogP contribution >= 0.6 is 8.53 Å². The number of hydrogen-bond donors (Lipinski definition) is 2. The summed E-state index contributed by atoms with van der Waals surface area (Å²) >= 11 is 0. The second-order valence-corrected chi connectivity index (χ2v) is 19.6. The number of aromatic nitrogens is 2. The maximum Gasteiger partial charge on any atom is 0.330 e. The number of esters is 1. The van der Waals surface area contributed by atoms with Crippen LogP contribution in [0.4, 0.5) is 0 Å². The lowest BCUT2D eigenvalue weighted by molar-refractivity contribution is -0.140. The van der Waals surface area contributed by atoms with Crippen molar-refractivity contribution in [2.45, 2.75) is 141 Å². The Morgan fingerprint density at radius 3 is 1.90 bits per heavy atom. The molecule has 0 saturated carbocycles. The minimum absolute atomic E-state index is 0.0712. The van der Waals surface area contributed by atoms with E-state index in [1.54, 1.807) is 14.2 Å². The van der Waals surface area contributed by atoms with E-state index in [4.69, 9.17) is 37.5 Å². The molecule has 1 saturated heterocycles.